The first-order chi connectivity index (χ1) is 14.6. The van der Waals surface area contributed by atoms with Crippen LogP contribution >= 0.6 is 11.3 Å². The van der Waals surface area contributed by atoms with Crippen LogP contribution in [0.1, 0.15) is 45.1 Å². The Bertz CT molecular complexity index is 958. The van der Waals surface area contributed by atoms with Gasteiger partial charge in [0.05, 0.1) is 18.7 Å². The number of nitrogens with zero attached hydrogens (tertiary/aromatic N) is 1. The summed E-state index contributed by atoms with van der Waals surface area (Å²) in [6.45, 7) is 5.00. The van der Waals surface area contributed by atoms with Gasteiger partial charge in [0, 0.05) is 30.1 Å². The molecule has 1 aromatic carbocycles. The molecule has 160 valence electrons. The van der Waals surface area contributed by atoms with Crippen LogP contribution in [-0.4, -0.2) is 30.3 Å². The Morgan fingerprint density at radius 3 is 2.80 bits per heavy atom. The molecule has 2 N–H and O–H groups in total. The molecular formula is C24H31N3O2S. The lowest BCUT2D eigenvalue weighted by Gasteiger charge is -2.31. The number of methoxy groups -OCH3 is 1. The minimum absolute atomic E-state index is 0.134. The molecule has 6 heteroatoms. The quantitative estimate of drug-likeness (QED) is 0.492. The minimum Gasteiger partial charge on any atom is -0.496 e. The van der Waals surface area contributed by atoms with Gasteiger partial charge in [-0.3, -0.25) is 0 Å². The van der Waals surface area contributed by atoms with Gasteiger partial charge >= 0.3 is 0 Å². The summed E-state index contributed by atoms with van der Waals surface area (Å²) < 4.78 is 11.5. The summed E-state index contributed by atoms with van der Waals surface area (Å²) in [4.78, 5) is 4.84. The first kappa shape index (κ1) is 20.9. The molecule has 1 aliphatic carbocycles. The summed E-state index contributed by atoms with van der Waals surface area (Å²) in [7, 11) is 1.71. The second-order valence-corrected chi connectivity index (χ2v) is 9.05. The zero-order chi connectivity index (χ0) is 20.9. The second kappa shape index (κ2) is 9.67. The molecule has 0 radical (unpaired) electrons. The Morgan fingerprint density at radius 1 is 1.17 bits per heavy atom. The van der Waals surface area contributed by atoms with Crippen LogP contribution in [0.5, 0.6) is 11.5 Å². The number of fused-ring (bicyclic) bond motifs is 1. The molecule has 2 aromatic heterocycles. The van der Waals surface area contributed by atoms with Crippen LogP contribution < -0.4 is 20.1 Å². The maximum atomic E-state index is 5.83. The van der Waals surface area contributed by atoms with Crippen molar-refractivity contribution in [1.82, 2.24) is 10.3 Å². The average Bonchev–Trinajstić information content (AvgIpc) is 3.25. The third-order valence-corrected chi connectivity index (χ3v) is 6.27. The number of benzene rings is 1. The lowest BCUT2D eigenvalue weighted by atomic mass is 9.91. The van der Waals surface area contributed by atoms with E-state index in [0.29, 0.717) is 12.1 Å². The number of ether oxygens (including phenoxy) is 2. The molecule has 5 nitrogen and oxygen atoms in total. The third kappa shape index (κ3) is 5.24. The zero-order valence-corrected chi connectivity index (χ0v) is 18.8. The molecule has 0 saturated heterocycles. The fourth-order valence-corrected chi connectivity index (χ4v) is 4.80. The monoisotopic (exact) mass is 425 g/mol. The maximum absolute atomic E-state index is 5.83. The van der Waals surface area contributed by atoms with Crippen LogP contribution in [-0.2, 0) is 6.54 Å². The van der Waals surface area contributed by atoms with Gasteiger partial charge in [-0.05, 0) is 80.1 Å². The van der Waals surface area contributed by atoms with Gasteiger partial charge in [-0.1, -0.05) is 0 Å². The lowest BCUT2D eigenvalue weighted by molar-refractivity contribution is 0.242. The van der Waals surface area contributed by atoms with Crippen LogP contribution in [0, 0.1) is 0 Å². The van der Waals surface area contributed by atoms with Crippen LogP contribution in [0.25, 0.3) is 10.9 Å². The molecule has 4 rings (SSSR count). The Kier molecular flexibility index (Phi) is 6.75. The number of rotatable bonds is 8. The van der Waals surface area contributed by atoms with Crippen LogP contribution in [0.15, 0.2) is 41.1 Å². The van der Waals surface area contributed by atoms with E-state index in [0.717, 1.165) is 41.2 Å². The molecule has 1 saturated carbocycles. The standard InChI is InChI=1S/C24H31N3O2S/c1-16(2)29-20-7-8-22-21(12-20)23(28-3)13-24(27-22)26-19-6-4-5-18(11-19)25-14-17-9-10-30-15-17/h7-10,12-13,15-16,18-19,25H,4-6,11,14H2,1-3H3,(H,26,27)/t18-,19-/m0/s1. The SMILES string of the molecule is COc1cc(N[C@H]2CCC[C@H](NCc3ccsc3)C2)nc2ccc(OC(C)C)cc12. The van der Waals surface area contributed by atoms with E-state index in [2.05, 4.69) is 27.5 Å². The number of hydrogen-bond acceptors (Lipinski definition) is 6. The van der Waals surface area contributed by atoms with Gasteiger partial charge in [-0.2, -0.15) is 11.3 Å². The van der Waals surface area contributed by atoms with Crippen molar-refractivity contribution in [1.29, 1.82) is 0 Å². The average molecular weight is 426 g/mol. The number of thiophene rings is 1. The largest absolute Gasteiger partial charge is 0.496 e. The fourth-order valence-electron chi connectivity index (χ4n) is 4.13. The van der Waals surface area contributed by atoms with Gasteiger partial charge in [0.2, 0.25) is 0 Å². The predicted octanol–water partition coefficient (Wildman–Crippen LogP) is 5.61. The molecular weight excluding hydrogens is 394 g/mol. The number of anilines is 1. The van der Waals surface area contributed by atoms with Crippen molar-refractivity contribution in [2.45, 2.75) is 64.3 Å². The van der Waals surface area contributed by atoms with Gasteiger partial charge in [-0.15, -0.1) is 0 Å². The molecule has 3 aromatic rings. The summed E-state index contributed by atoms with van der Waals surface area (Å²) in [6, 6.07) is 11.1. The Balaban J connectivity index is 1.44. The molecule has 1 aliphatic rings. The highest BCUT2D eigenvalue weighted by atomic mass is 32.1. The highest BCUT2D eigenvalue weighted by Crippen LogP contribution is 2.32. The summed E-state index contributed by atoms with van der Waals surface area (Å²) in [5.41, 5.74) is 2.28. The van der Waals surface area contributed by atoms with Gasteiger partial charge < -0.3 is 20.1 Å². The van der Waals surface area contributed by atoms with E-state index < -0.39 is 0 Å². The molecule has 0 aliphatic heterocycles. The van der Waals surface area contributed by atoms with Crippen LogP contribution in [0.2, 0.25) is 0 Å². The third-order valence-electron chi connectivity index (χ3n) is 5.54. The summed E-state index contributed by atoms with van der Waals surface area (Å²) in [6.07, 6.45) is 4.86. The molecule has 0 unspecified atom stereocenters. The fraction of sp³-hybridized carbons (Fsp3) is 0.458. The number of hydrogen-bond donors (Lipinski definition) is 2. The Labute approximate surface area is 182 Å². The molecule has 0 bridgehead atoms. The topological polar surface area (TPSA) is 55.4 Å². The molecule has 30 heavy (non-hydrogen) atoms. The molecule has 0 amide bonds. The van der Waals surface area contributed by atoms with Crippen molar-refractivity contribution in [2.75, 3.05) is 12.4 Å². The summed E-state index contributed by atoms with van der Waals surface area (Å²) in [5.74, 6) is 2.53. The van der Waals surface area contributed by atoms with Crippen molar-refractivity contribution in [2.24, 2.45) is 0 Å². The maximum Gasteiger partial charge on any atom is 0.132 e. The van der Waals surface area contributed by atoms with Crippen molar-refractivity contribution < 1.29 is 9.47 Å². The Morgan fingerprint density at radius 2 is 2.03 bits per heavy atom. The number of aromatic nitrogens is 1. The molecule has 0 spiro atoms. The lowest BCUT2D eigenvalue weighted by Crippen LogP contribution is -2.38. The Hall–Kier alpha value is -2.31. The van der Waals surface area contributed by atoms with Crippen molar-refractivity contribution in [3.8, 4) is 11.5 Å². The van der Waals surface area contributed by atoms with Gasteiger partial charge in [0.15, 0.2) is 0 Å². The van der Waals surface area contributed by atoms with Crippen molar-refractivity contribution in [3.63, 3.8) is 0 Å². The van der Waals surface area contributed by atoms with E-state index in [-0.39, 0.29) is 6.10 Å². The second-order valence-electron chi connectivity index (χ2n) is 8.27. The van der Waals surface area contributed by atoms with E-state index in [1.807, 2.05) is 38.1 Å². The van der Waals surface area contributed by atoms with Gasteiger partial charge in [-0.25, -0.2) is 4.98 Å². The summed E-state index contributed by atoms with van der Waals surface area (Å²) >= 11 is 1.76. The van der Waals surface area contributed by atoms with Crippen molar-refractivity contribution >= 4 is 28.1 Å². The molecule has 1 fully saturated rings. The first-order valence-corrected chi connectivity index (χ1v) is 11.7. The molecule has 2 heterocycles. The van der Waals surface area contributed by atoms with E-state index in [1.54, 1.807) is 18.4 Å². The zero-order valence-electron chi connectivity index (χ0n) is 18.0. The number of nitrogens with one attached hydrogen (secondary N) is 2. The highest BCUT2D eigenvalue weighted by molar-refractivity contribution is 7.07. The van der Waals surface area contributed by atoms with Gasteiger partial charge in [0.25, 0.3) is 0 Å². The van der Waals surface area contributed by atoms with Crippen molar-refractivity contribution in [3.05, 3.63) is 46.7 Å². The predicted molar refractivity (Wildman–Crippen MR) is 125 cm³/mol. The smallest absolute Gasteiger partial charge is 0.132 e. The minimum atomic E-state index is 0.134. The van der Waals surface area contributed by atoms with E-state index in [4.69, 9.17) is 14.5 Å². The highest BCUT2D eigenvalue weighted by Gasteiger charge is 2.22. The van der Waals surface area contributed by atoms with E-state index >= 15 is 0 Å². The van der Waals surface area contributed by atoms with E-state index in [1.165, 1.54) is 24.8 Å². The van der Waals surface area contributed by atoms with Crippen LogP contribution in [0.3, 0.4) is 0 Å². The molecule has 2 atom stereocenters. The first-order valence-electron chi connectivity index (χ1n) is 10.8. The van der Waals surface area contributed by atoms with Gasteiger partial charge in [0.1, 0.15) is 17.3 Å². The van der Waals surface area contributed by atoms with E-state index in [9.17, 15) is 0 Å². The van der Waals surface area contributed by atoms with Crippen LogP contribution in [0.4, 0.5) is 5.82 Å². The number of pyridine rings is 1. The normalized spacial score (nSPS) is 19.2. The summed E-state index contributed by atoms with van der Waals surface area (Å²) in [5, 5.41) is 12.7.